The van der Waals surface area contributed by atoms with Gasteiger partial charge in [0.05, 0.1) is 6.61 Å². The van der Waals surface area contributed by atoms with Gasteiger partial charge >= 0.3 is 11.7 Å². The minimum absolute atomic E-state index is 0.184. The highest BCUT2D eigenvalue weighted by Gasteiger charge is 2.21. The van der Waals surface area contributed by atoms with E-state index in [-0.39, 0.29) is 17.5 Å². The average Bonchev–Trinajstić information content (AvgIpc) is 2.98. The second-order valence-corrected chi connectivity index (χ2v) is 8.68. The number of anilines is 1. The second-order valence-electron chi connectivity index (χ2n) is 8.68. The van der Waals surface area contributed by atoms with E-state index in [1.54, 1.807) is 4.57 Å². The zero-order valence-corrected chi connectivity index (χ0v) is 18.1. The van der Waals surface area contributed by atoms with Crippen molar-refractivity contribution < 1.29 is 4.74 Å². The molecule has 0 aromatic carbocycles. The highest BCUT2D eigenvalue weighted by Crippen LogP contribution is 2.23. The molecule has 0 amide bonds. The third-order valence-electron chi connectivity index (χ3n) is 5.58. The van der Waals surface area contributed by atoms with Gasteiger partial charge in [0, 0.05) is 19.6 Å². The van der Waals surface area contributed by atoms with Crippen LogP contribution in [0, 0.1) is 11.8 Å². The van der Waals surface area contributed by atoms with E-state index in [4.69, 9.17) is 10.5 Å². The highest BCUT2D eigenvalue weighted by molar-refractivity contribution is 5.81. The zero-order chi connectivity index (χ0) is 20.8. The van der Waals surface area contributed by atoms with Gasteiger partial charge in [-0.1, -0.05) is 27.2 Å². The first-order valence-corrected chi connectivity index (χ1v) is 11.1. The summed E-state index contributed by atoms with van der Waals surface area (Å²) in [6.07, 6.45) is 6.57. The van der Waals surface area contributed by atoms with Crippen LogP contribution >= 0.6 is 0 Å². The number of aromatic amines is 1. The van der Waals surface area contributed by atoms with Crippen LogP contribution in [0.15, 0.2) is 4.79 Å². The molecule has 2 aromatic heterocycles. The predicted molar refractivity (Wildman–Crippen MR) is 116 cm³/mol. The predicted octanol–water partition coefficient (Wildman–Crippen LogP) is 3.03. The number of imidazole rings is 1. The van der Waals surface area contributed by atoms with Crippen LogP contribution in [0.4, 0.5) is 5.82 Å². The Hall–Kier alpha value is -2.09. The van der Waals surface area contributed by atoms with Crippen LogP contribution < -0.4 is 16.2 Å². The molecule has 1 fully saturated rings. The smallest absolute Gasteiger partial charge is 0.327 e. The summed E-state index contributed by atoms with van der Waals surface area (Å²) in [6, 6.07) is 0.243. The zero-order valence-electron chi connectivity index (χ0n) is 18.1. The lowest BCUT2D eigenvalue weighted by atomic mass is 9.93. The van der Waals surface area contributed by atoms with Gasteiger partial charge in [-0.15, -0.1) is 0 Å². The first-order chi connectivity index (χ1) is 14.0. The normalized spacial score (nSPS) is 18.0. The molecule has 3 rings (SSSR count). The van der Waals surface area contributed by atoms with Crippen LogP contribution in [0.5, 0.6) is 6.01 Å². The third-order valence-corrected chi connectivity index (χ3v) is 5.58. The van der Waals surface area contributed by atoms with Crippen LogP contribution in [0.3, 0.4) is 0 Å². The molecule has 8 heteroatoms. The first-order valence-electron chi connectivity index (χ1n) is 11.1. The lowest BCUT2D eigenvalue weighted by Gasteiger charge is -2.33. The average molecular weight is 405 g/mol. The molecule has 1 unspecified atom stereocenters. The van der Waals surface area contributed by atoms with Crippen molar-refractivity contribution >= 4 is 17.0 Å². The van der Waals surface area contributed by atoms with Crippen molar-refractivity contribution in [3.8, 4) is 6.01 Å². The Labute approximate surface area is 172 Å². The molecule has 0 aliphatic carbocycles. The van der Waals surface area contributed by atoms with Crippen molar-refractivity contribution in [2.75, 3.05) is 32.0 Å². The molecule has 162 valence electrons. The van der Waals surface area contributed by atoms with Crippen LogP contribution in [0.2, 0.25) is 0 Å². The van der Waals surface area contributed by atoms with Crippen LogP contribution in [-0.2, 0) is 6.54 Å². The maximum atomic E-state index is 12.5. The number of piperidine rings is 1. The summed E-state index contributed by atoms with van der Waals surface area (Å²) in [5.74, 6) is 1.67. The van der Waals surface area contributed by atoms with Crippen molar-refractivity contribution in [3.05, 3.63) is 10.5 Å². The van der Waals surface area contributed by atoms with E-state index in [0.29, 0.717) is 36.2 Å². The van der Waals surface area contributed by atoms with Crippen molar-refractivity contribution in [1.29, 1.82) is 0 Å². The van der Waals surface area contributed by atoms with Gasteiger partial charge in [-0.05, 0) is 50.5 Å². The second kappa shape index (κ2) is 10.1. The number of nitrogen functional groups attached to an aromatic ring is 1. The molecule has 2 aromatic rings. The van der Waals surface area contributed by atoms with Crippen molar-refractivity contribution in [3.63, 3.8) is 0 Å². The fraction of sp³-hybridized carbons (Fsp3) is 0.762. The highest BCUT2D eigenvalue weighted by atomic mass is 16.5. The first kappa shape index (κ1) is 21.6. The molecule has 0 saturated carbocycles. The molecular formula is C21H36N6O2. The van der Waals surface area contributed by atoms with Gasteiger partial charge in [-0.3, -0.25) is 4.57 Å². The molecule has 1 atom stereocenters. The van der Waals surface area contributed by atoms with E-state index in [9.17, 15) is 4.79 Å². The van der Waals surface area contributed by atoms with Gasteiger partial charge in [0.25, 0.3) is 0 Å². The van der Waals surface area contributed by atoms with Crippen LogP contribution in [0.25, 0.3) is 11.2 Å². The summed E-state index contributed by atoms with van der Waals surface area (Å²) in [6.45, 7) is 11.4. The Balaban J connectivity index is 1.63. The number of aromatic nitrogens is 4. The van der Waals surface area contributed by atoms with Crippen molar-refractivity contribution in [2.45, 2.75) is 65.8 Å². The van der Waals surface area contributed by atoms with E-state index in [1.807, 2.05) is 0 Å². The number of fused-ring (bicyclic) bond motifs is 1. The standard InChI is InChI=1S/C21H36N6O2/c1-4-5-12-29-20-24-18(22)17-19(25-20)27(21(28)23-17)11-7-9-16-8-6-10-26(14-16)13-15(2)3/h15-16H,4-14H2,1-3H3,(H,23,28)(H2,22,24,25). The van der Waals surface area contributed by atoms with Gasteiger partial charge in [-0.25, -0.2) is 4.79 Å². The Bertz CT molecular complexity index is 844. The largest absolute Gasteiger partial charge is 0.463 e. The fourth-order valence-corrected chi connectivity index (χ4v) is 4.22. The number of hydrogen-bond acceptors (Lipinski definition) is 6. The molecule has 3 N–H and O–H groups in total. The number of rotatable bonds is 10. The lowest BCUT2D eigenvalue weighted by Crippen LogP contribution is -2.37. The molecule has 29 heavy (non-hydrogen) atoms. The quantitative estimate of drug-likeness (QED) is 0.590. The van der Waals surface area contributed by atoms with Crippen LogP contribution in [0.1, 0.15) is 59.3 Å². The molecule has 1 saturated heterocycles. The van der Waals surface area contributed by atoms with Gasteiger partial charge in [-0.2, -0.15) is 9.97 Å². The number of unbranched alkanes of at least 4 members (excludes halogenated alkanes) is 1. The number of H-pyrrole nitrogens is 1. The number of aryl methyl sites for hydroxylation is 1. The topological polar surface area (TPSA) is 102 Å². The van der Waals surface area contributed by atoms with E-state index in [1.165, 1.54) is 32.5 Å². The summed E-state index contributed by atoms with van der Waals surface area (Å²) in [7, 11) is 0. The van der Waals surface area contributed by atoms with E-state index in [2.05, 4.69) is 40.6 Å². The number of nitrogens with two attached hydrogens (primary N) is 1. The molecule has 0 radical (unpaired) electrons. The van der Waals surface area contributed by atoms with Gasteiger partial charge in [0.15, 0.2) is 11.5 Å². The van der Waals surface area contributed by atoms with E-state index in [0.717, 1.165) is 25.7 Å². The number of nitrogens with zero attached hydrogens (tertiary/aromatic N) is 4. The molecule has 0 bridgehead atoms. The number of nitrogens with one attached hydrogen (secondary N) is 1. The molecule has 3 heterocycles. The summed E-state index contributed by atoms with van der Waals surface area (Å²) in [5, 5.41) is 0. The van der Waals surface area contributed by atoms with Crippen molar-refractivity contribution in [2.24, 2.45) is 11.8 Å². The molecular weight excluding hydrogens is 368 g/mol. The summed E-state index contributed by atoms with van der Waals surface area (Å²) in [5.41, 5.74) is 6.88. The lowest BCUT2D eigenvalue weighted by molar-refractivity contribution is 0.151. The van der Waals surface area contributed by atoms with Gasteiger partial charge < -0.3 is 20.4 Å². The maximum absolute atomic E-state index is 12.5. The van der Waals surface area contributed by atoms with Crippen molar-refractivity contribution in [1.82, 2.24) is 24.4 Å². The Morgan fingerprint density at radius 2 is 2.14 bits per heavy atom. The molecule has 0 spiro atoms. The van der Waals surface area contributed by atoms with Gasteiger partial charge in [0.2, 0.25) is 0 Å². The fourth-order valence-electron chi connectivity index (χ4n) is 4.22. The molecule has 1 aliphatic heterocycles. The SMILES string of the molecule is CCCCOc1nc(N)c2[nH]c(=O)n(CCCC3CCCN(CC(C)C)C3)c2n1. The minimum Gasteiger partial charge on any atom is -0.463 e. The molecule has 1 aliphatic rings. The monoisotopic (exact) mass is 404 g/mol. The number of likely N-dealkylation sites (tertiary alicyclic amines) is 1. The summed E-state index contributed by atoms with van der Waals surface area (Å²) in [4.78, 5) is 26.5. The van der Waals surface area contributed by atoms with E-state index >= 15 is 0 Å². The summed E-state index contributed by atoms with van der Waals surface area (Å²) < 4.78 is 7.28. The minimum atomic E-state index is -0.184. The number of ether oxygens (including phenoxy) is 1. The van der Waals surface area contributed by atoms with Crippen LogP contribution in [-0.4, -0.2) is 50.7 Å². The van der Waals surface area contributed by atoms with Gasteiger partial charge in [0.1, 0.15) is 5.52 Å². The van der Waals surface area contributed by atoms with E-state index < -0.39 is 0 Å². The Morgan fingerprint density at radius 3 is 2.90 bits per heavy atom. The summed E-state index contributed by atoms with van der Waals surface area (Å²) >= 11 is 0. The Kier molecular flexibility index (Phi) is 7.52. The number of hydrogen-bond donors (Lipinski definition) is 2. The Morgan fingerprint density at radius 1 is 1.31 bits per heavy atom. The third kappa shape index (κ3) is 5.72. The maximum Gasteiger partial charge on any atom is 0.327 e. The molecule has 8 nitrogen and oxygen atoms in total.